The van der Waals surface area contributed by atoms with Gasteiger partial charge in [0.05, 0.1) is 11.6 Å². The van der Waals surface area contributed by atoms with Crippen LogP contribution in [0.25, 0.3) is 0 Å². The van der Waals surface area contributed by atoms with Gasteiger partial charge in [-0.3, -0.25) is 0 Å². The van der Waals surface area contributed by atoms with E-state index in [9.17, 15) is 30.7 Å². The van der Waals surface area contributed by atoms with Crippen molar-refractivity contribution in [1.82, 2.24) is 0 Å². The number of rotatable bonds is 2. The molecular weight excluding hydrogens is 349 g/mol. The first-order chi connectivity index (χ1) is 8.45. The van der Waals surface area contributed by atoms with Gasteiger partial charge in [-0.25, -0.2) is 4.39 Å². The monoisotopic (exact) mass is 354 g/mol. The zero-order chi connectivity index (χ0) is 15.1. The molecule has 0 radical (unpaired) electrons. The predicted octanol–water partition coefficient (Wildman–Crippen LogP) is 4.75. The van der Waals surface area contributed by atoms with Crippen LogP contribution >= 0.6 is 15.9 Å². The molecule has 0 aliphatic heterocycles. The Morgan fingerprint density at radius 2 is 1.42 bits per heavy atom. The fraction of sp³-hybridized carbons (Fsp3) is 0.400. The third kappa shape index (κ3) is 2.65. The molecule has 0 aliphatic carbocycles. The predicted molar refractivity (Wildman–Crippen MR) is 55.6 cm³/mol. The number of benzene rings is 1. The lowest BCUT2D eigenvalue weighted by Crippen LogP contribution is -2.50. The van der Waals surface area contributed by atoms with E-state index in [2.05, 4.69) is 20.7 Å². The van der Waals surface area contributed by atoms with Crippen molar-refractivity contribution in [2.45, 2.75) is 18.0 Å². The number of ether oxygens (including phenoxy) is 1. The minimum Gasteiger partial charge on any atom is -0.496 e. The van der Waals surface area contributed by atoms with Crippen molar-refractivity contribution in [2.75, 3.05) is 7.11 Å². The van der Waals surface area contributed by atoms with Gasteiger partial charge in [0.15, 0.2) is 0 Å². The average molecular weight is 355 g/mol. The van der Waals surface area contributed by atoms with Crippen LogP contribution in [0, 0.1) is 0 Å². The second-order valence-electron chi connectivity index (χ2n) is 3.50. The smallest absolute Gasteiger partial charge is 0.435 e. The highest BCUT2D eigenvalue weighted by Crippen LogP contribution is 2.53. The lowest BCUT2D eigenvalue weighted by atomic mass is 9.94. The summed E-state index contributed by atoms with van der Waals surface area (Å²) in [4.78, 5) is 0. The molecule has 1 aromatic rings. The van der Waals surface area contributed by atoms with Gasteiger partial charge in [0, 0.05) is 5.56 Å². The molecule has 0 saturated carbocycles. The molecule has 19 heavy (non-hydrogen) atoms. The van der Waals surface area contributed by atoms with Crippen LogP contribution in [0.2, 0.25) is 0 Å². The van der Waals surface area contributed by atoms with Crippen LogP contribution in [0.3, 0.4) is 0 Å². The van der Waals surface area contributed by atoms with E-state index in [0.29, 0.717) is 12.1 Å². The van der Waals surface area contributed by atoms with Crippen molar-refractivity contribution in [3.05, 3.63) is 28.2 Å². The molecule has 0 atom stereocenters. The number of hydrogen-bond donors (Lipinski definition) is 0. The van der Waals surface area contributed by atoms with Crippen molar-refractivity contribution >= 4 is 15.9 Å². The van der Waals surface area contributed by atoms with Crippen LogP contribution in [0.15, 0.2) is 22.7 Å². The molecule has 0 aromatic heterocycles. The fourth-order valence-electron chi connectivity index (χ4n) is 1.36. The summed E-state index contributed by atoms with van der Waals surface area (Å²) >= 11 is 2.85. The summed E-state index contributed by atoms with van der Waals surface area (Å²) < 4.78 is 93.2. The second-order valence-corrected chi connectivity index (χ2v) is 4.36. The highest BCUT2D eigenvalue weighted by atomic mass is 79.9. The minimum absolute atomic E-state index is 0.102. The van der Waals surface area contributed by atoms with Gasteiger partial charge in [-0.1, -0.05) is 6.07 Å². The van der Waals surface area contributed by atoms with E-state index >= 15 is 0 Å². The van der Waals surface area contributed by atoms with Crippen molar-refractivity contribution in [3.63, 3.8) is 0 Å². The van der Waals surface area contributed by atoms with Gasteiger partial charge in [-0.15, -0.1) is 0 Å². The Balaban J connectivity index is 3.52. The third-order valence-electron chi connectivity index (χ3n) is 2.33. The van der Waals surface area contributed by atoms with Crippen LogP contribution in [0.4, 0.5) is 30.7 Å². The van der Waals surface area contributed by atoms with E-state index in [1.807, 2.05) is 0 Å². The van der Waals surface area contributed by atoms with E-state index in [-0.39, 0.29) is 10.2 Å². The quantitative estimate of drug-likeness (QED) is 0.696. The maximum atomic E-state index is 13.7. The molecule has 0 heterocycles. The van der Waals surface area contributed by atoms with E-state index < -0.39 is 23.6 Å². The third-order valence-corrected chi connectivity index (χ3v) is 2.99. The van der Waals surface area contributed by atoms with Crippen LogP contribution in [-0.2, 0) is 5.67 Å². The summed E-state index contributed by atoms with van der Waals surface area (Å²) in [5.41, 5.74) is -7.04. The molecule has 0 fully saturated rings. The zero-order valence-corrected chi connectivity index (χ0v) is 10.8. The molecular formula is C10H6BrF7O. The maximum Gasteiger partial charge on any atom is 0.435 e. The summed E-state index contributed by atoms with van der Waals surface area (Å²) in [6.07, 6.45) is -12.3. The van der Waals surface area contributed by atoms with Gasteiger partial charge < -0.3 is 4.74 Å². The highest BCUT2D eigenvalue weighted by Gasteiger charge is 2.73. The second kappa shape index (κ2) is 4.84. The van der Waals surface area contributed by atoms with Gasteiger partial charge in [0.25, 0.3) is 0 Å². The first-order valence-corrected chi connectivity index (χ1v) is 5.41. The Morgan fingerprint density at radius 3 is 1.79 bits per heavy atom. The van der Waals surface area contributed by atoms with Crippen LogP contribution in [-0.4, -0.2) is 19.5 Å². The molecule has 0 bridgehead atoms. The summed E-state index contributed by atoms with van der Waals surface area (Å²) in [5, 5.41) is 0. The Bertz CT molecular complexity index is 452. The number of alkyl halides is 7. The summed E-state index contributed by atoms with van der Waals surface area (Å²) in [6.45, 7) is 0. The lowest BCUT2D eigenvalue weighted by Gasteiger charge is -2.30. The fourth-order valence-corrected chi connectivity index (χ4v) is 1.77. The molecule has 0 N–H and O–H groups in total. The Morgan fingerprint density at radius 1 is 0.947 bits per heavy atom. The van der Waals surface area contributed by atoms with E-state index in [0.717, 1.165) is 13.2 Å². The zero-order valence-electron chi connectivity index (χ0n) is 9.16. The summed E-state index contributed by atoms with van der Waals surface area (Å²) in [7, 11) is 1.03. The normalized spacial score (nSPS) is 13.5. The average Bonchev–Trinajstić information content (AvgIpc) is 2.25. The van der Waals surface area contributed by atoms with E-state index in [1.54, 1.807) is 0 Å². The molecule has 1 nitrogen and oxygen atoms in total. The Labute approximate surface area is 111 Å². The Hall–Kier alpha value is -0.990. The van der Waals surface area contributed by atoms with Gasteiger partial charge in [-0.2, -0.15) is 26.3 Å². The maximum absolute atomic E-state index is 13.7. The first kappa shape index (κ1) is 16.1. The molecule has 0 spiro atoms. The number of halogens is 8. The number of methoxy groups -OCH3 is 1. The van der Waals surface area contributed by atoms with Crippen LogP contribution in [0.5, 0.6) is 5.75 Å². The summed E-state index contributed by atoms with van der Waals surface area (Å²) in [6, 6.07) is 1.60. The van der Waals surface area contributed by atoms with Gasteiger partial charge in [-0.05, 0) is 28.1 Å². The molecule has 0 aliphatic rings. The standard InChI is InChI=1S/C10H6BrF7O/c1-19-7-4-5(2-3-6(7)11)8(12,9(13,14)15)10(16,17)18/h2-4H,1H3. The lowest BCUT2D eigenvalue weighted by molar-refractivity contribution is -0.348. The van der Waals surface area contributed by atoms with Crippen LogP contribution < -0.4 is 4.74 Å². The van der Waals surface area contributed by atoms with Gasteiger partial charge in [0.2, 0.25) is 0 Å². The molecule has 0 saturated heterocycles. The molecule has 1 rings (SSSR count). The van der Waals surface area contributed by atoms with E-state index in [4.69, 9.17) is 0 Å². The van der Waals surface area contributed by atoms with Crippen molar-refractivity contribution in [3.8, 4) is 5.75 Å². The van der Waals surface area contributed by atoms with Crippen molar-refractivity contribution in [2.24, 2.45) is 0 Å². The first-order valence-electron chi connectivity index (χ1n) is 4.61. The molecule has 1 aromatic carbocycles. The molecule has 108 valence electrons. The minimum atomic E-state index is -6.13. The van der Waals surface area contributed by atoms with Crippen molar-refractivity contribution < 1.29 is 35.5 Å². The highest BCUT2D eigenvalue weighted by molar-refractivity contribution is 9.10. The topological polar surface area (TPSA) is 9.23 Å². The summed E-state index contributed by atoms with van der Waals surface area (Å²) in [5.74, 6) is -0.340. The van der Waals surface area contributed by atoms with Gasteiger partial charge >= 0.3 is 18.0 Å². The van der Waals surface area contributed by atoms with E-state index in [1.165, 1.54) is 0 Å². The largest absolute Gasteiger partial charge is 0.496 e. The molecule has 9 heteroatoms. The molecule has 0 amide bonds. The van der Waals surface area contributed by atoms with Crippen molar-refractivity contribution in [1.29, 1.82) is 0 Å². The van der Waals surface area contributed by atoms with Crippen LogP contribution in [0.1, 0.15) is 5.56 Å². The molecule has 0 unspecified atom stereocenters. The van der Waals surface area contributed by atoms with Gasteiger partial charge in [0.1, 0.15) is 5.75 Å². The number of hydrogen-bond acceptors (Lipinski definition) is 1. The Kier molecular flexibility index (Phi) is 4.09. The SMILES string of the molecule is COc1cc(C(F)(C(F)(F)F)C(F)(F)F)ccc1Br.